The Hall–Kier alpha value is -0.970. The molecular formula is C16H19Cl2N3O. The number of nitrogens with one attached hydrogen (secondary N) is 1. The monoisotopic (exact) mass is 339 g/mol. The van der Waals surface area contributed by atoms with Crippen LogP contribution < -0.4 is 5.32 Å². The van der Waals surface area contributed by atoms with Crippen molar-refractivity contribution in [1.82, 2.24) is 10.1 Å². The van der Waals surface area contributed by atoms with E-state index in [4.69, 9.17) is 27.7 Å². The van der Waals surface area contributed by atoms with Crippen LogP contribution in [0.15, 0.2) is 16.7 Å². The summed E-state index contributed by atoms with van der Waals surface area (Å²) in [6.07, 6.45) is 2.48. The van der Waals surface area contributed by atoms with Gasteiger partial charge in [-0.25, -0.2) is 0 Å². The Morgan fingerprint density at radius 3 is 2.68 bits per heavy atom. The van der Waals surface area contributed by atoms with E-state index in [0.29, 0.717) is 27.6 Å². The van der Waals surface area contributed by atoms with Crippen LogP contribution in [0.25, 0.3) is 11.0 Å². The maximum Gasteiger partial charge on any atom is 0.189 e. The van der Waals surface area contributed by atoms with Crippen molar-refractivity contribution in [3.63, 3.8) is 0 Å². The number of aromatic nitrogens is 1. The second kappa shape index (κ2) is 5.02. The number of hydrogen-bond acceptors (Lipinski definition) is 4. The van der Waals surface area contributed by atoms with Crippen molar-refractivity contribution < 1.29 is 4.52 Å². The van der Waals surface area contributed by atoms with Crippen LogP contribution in [0.4, 0.5) is 5.82 Å². The van der Waals surface area contributed by atoms with Gasteiger partial charge in [-0.05, 0) is 57.8 Å². The van der Waals surface area contributed by atoms with Gasteiger partial charge >= 0.3 is 0 Å². The smallest absolute Gasteiger partial charge is 0.189 e. The standard InChI is InChI=1S/C16H19Cl2N3O/c1-16(2)14(9-5-7-21(16)8-6-9)19-15-10-3-4-11(17)12(18)13(10)22-20-15/h3-4,9,14H,5-8H2,1-2H3,(H,19,20). The minimum absolute atomic E-state index is 0.114. The van der Waals surface area contributed by atoms with E-state index in [2.05, 4.69) is 29.2 Å². The maximum absolute atomic E-state index is 6.20. The van der Waals surface area contributed by atoms with E-state index in [1.807, 2.05) is 6.07 Å². The number of piperidine rings is 3. The second-order valence-corrected chi connectivity index (χ2v) is 7.65. The van der Waals surface area contributed by atoms with Crippen molar-refractivity contribution >= 4 is 40.0 Å². The zero-order valence-electron chi connectivity index (χ0n) is 12.7. The molecule has 4 nitrogen and oxygen atoms in total. The molecule has 1 aromatic carbocycles. The summed E-state index contributed by atoms with van der Waals surface area (Å²) in [4.78, 5) is 2.57. The zero-order valence-corrected chi connectivity index (χ0v) is 14.2. The maximum atomic E-state index is 6.20. The number of fused-ring (bicyclic) bond motifs is 4. The van der Waals surface area contributed by atoms with E-state index < -0.39 is 0 Å². The molecule has 2 bridgehead atoms. The van der Waals surface area contributed by atoms with Crippen LogP contribution in [0.2, 0.25) is 10.0 Å². The highest BCUT2D eigenvalue weighted by Gasteiger charge is 2.47. The predicted octanol–water partition coefficient (Wildman–Crippen LogP) is 4.42. The Labute approximate surface area is 139 Å². The molecule has 0 spiro atoms. The Morgan fingerprint density at radius 2 is 2.00 bits per heavy atom. The summed E-state index contributed by atoms with van der Waals surface area (Å²) in [5, 5.41) is 9.62. The summed E-state index contributed by atoms with van der Waals surface area (Å²) in [7, 11) is 0. The van der Waals surface area contributed by atoms with Crippen molar-refractivity contribution in [3.8, 4) is 0 Å². The van der Waals surface area contributed by atoms with Gasteiger partial charge in [-0.15, -0.1) is 0 Å². The molecule has 0 saturated carbocycles. The fourth-order valence-electron chi connectivity index (χ4n) is 4.08. The van der Waals surface area contributed by atoms with Crippen molar-refractivity contribution in [2.45, 2.75) is 38.3 Å². The normalized spacial score (nSPS) is 29.9. The Kier molecular flexibility index (Phi) is 3.33. The van der Waals surface area contributed by atoms with Crippen molar-refractivity contribution in [3.05, 3.63) is 22.2 Å². The van der Waals surface area contributed by atoms with Crippen molar-refractivity contribution in [2.24, 2.45) is 5.92 Å². The van der Waals surface area contributed by atoms with Gasteiger partial charge in [0, 0.05) is 11.6 Å². The predicted molar refractivity (Wildman–Crippen MR) is 89.8 cm³/mol. The summed E-state index contributed by atoms with van der Waals surface area (Å²) in [5.74, 6) is 1.44. The lowest BCUT2D eigenvalue weighted by molar-refractivity contribution is -0.0189. The molecule has 3 aliphatic heterocycles. The average molecular weight is 340 g/mol. The van der Waals surface area contributed by atoms with Crippen LogP contribution in [0, 0.1) is 5.92 Å². The van der Waals surface area contributed by atoms with Gasteiger partial charge in [-0.2, -0.15) is 0 Å². The fourth-order valence-corrected chi connectivity index (χ4v) is 4.42. The van der Waals surface area contributed by atoms with E-state index >= 15 is 0 Å². The summed E-state index contributed by atoms with van der Waals surface area (Å²) < 4.78 is 5.41. The molecule has 3 fully saturated rings. The van der Waals surface area contributed by atoms with Gasteiger partial charge in [0.15, 0.2) is 11.4 Å². The summed E-state index contributed by atoms with van der Waals surface area (Å²) in [6.45, 7) is 7.00. The van der Waals surface area contributed by atoms with E-state index in [-0.39, 0.29) is 5.54 Å². The van der Waals surface area contributed by atoms with E-state index in [9.17, 15) is 0 Å². The van der Waals surface area contributed by atoms with Gasteiger partial charge < -0.3 is 9.84 Å². The Bertz CT molecular complexity index is 719. The van der Waals surface area contributed by atoms with E-state index in [0.717, 1.165) is 11.2 Å². The summed E-state index contributed by atoms with van der Waals surface area (Å²) in [5.41, 5.74) is 0.665. The molecule has 1 N–H and O–H groups in total. The van der Waals surface area contributed by atoms with Crippen LogP contribution in [0.5, 0.6) is 0 Å². The number of halogens is 2. The second-order valence-electron chi connectivity index (χ2n) is 6.87. The topological polar surface area (TPSA) is 41.3 Å². The van der Waals surface area contributed by atoms with Gasteiger partial charge in [0.1, 0.15) is 5.02 Å². The third-order valence-electron chi connectivity index (χ3n) is 5.41. The molecule has 3 saturated heterocycles. The van der Waals surface area contributed by atoms with Gasteiger partial charge in [-0.1, -0.05) is 28.4 Å². The molecule has 1 aromatic heterocycles. The lowest BCUT2D eigenvalue weighted by Gasteiger charge is -2.56. The number of hydrogen-bond donors (Lipinski definition) is 1. The molecule has 3 aliphatic rings. The highest BCUT2D eigenvalue weighted by molar-refractivity contribution is 6.45. The van der Waals surface area contributed by atoms with Crippen LogP contribution in [-0.2, 0) is 0 Å². The lowest BCUT2D eigenvalue weighted by atomic mass is 9.72. The molecule has 2 aromatic rings. The Balaban J connectivity index is 1.70. The first-order chi connectivity index (χ1) is 10.5. The third kappa shape index (κ3) is 2.04. The highest BCUT2D eigenvalue weighted by atomic mass is 35.5. The molecule has 1 atom stereocenters. The van der Waals surface area contributed by atoms with Crippen LogP contribution in [0.3, 0.4) is 0 Å². The quantitative estimate of drug-likeness (QED) is 0.879. The van der Waals surface area contributed by atoms with Crippen LogP contribution in [-0.4, -0.2) is 34.7 Å². The molecule has 6 heteroatoms. The molecule has 1 unspecified atom stereocenters. The van der Waals surface area contributed by atoms with Gasteiger partial charge in [0.25, 0.3) is 0 Å². The van der Waals surface area contributed by atoms with Crippen LogP contribution >= 0.6 is 23.2 Å². The number of rotatable bonds is 2. The van der Waals surface area contributed by atoms with E-state index in [1.54, 1.807) is 6.07 Å². The van der Waals surface area contributed by atoms with Gasteiger partial charge in [0.05, 0.1) is 10.4 Å². The fraction of sp³-hybridized carbons (Fsp3) is 0.562. The van der Waals surface area contributed by atoms with Crippen LogP contribution in [0.1, 0.15) is 26.7 Å². The third-order valence-corrected chi connectivity index (χ3v) is 6.20. The zero-order chi connectivity index (χ0) is 15.5. The number of benzene rings is 1. The van der Waals surface area contributed by atoms with Crippen molar-refractivity contribution in [1.29, 1.82) is 0 Å². The molecule has 0 aliphatic carbocycles. The number of nitrogens with zero attached hydrogens (tertiary/aromatic N) is 2. The molecule has 0 amide bonds. The minimum atomic E-state index is 0.114. The molecule has 4 heterocycles. The Morgan fingerprint density at radius 1 is 1.27 bits per heavy atom. The van der Waals surface area contributed by atoms with Gasteiger partial charge in [0.2, 0.25) is 0 Å². The molecule has 5 rings (SSSR count). The summed E-state index contributed by atoms with van der Waals surface area (Å²) in [6, 6.07) is 4.06. The molecule has 0 radical (unpaired) electrons. The summed E-state index contributed by atoms with van der Waals surface area (Å²) >= 11 is 12.2. The lowest BCUT2D eigenvalue weighted by Crippen LogP contribution is -2.66. The van der Waals surface area contributed by atoms with E-state index in [1.165, 1.54) is 25.9 Å². The highest BCUT2D eigenvalue weighted by Crippen LogP contribution is 2.42. The van der Waals surface area contributed by atoms with Crippen molar-refractivity contribution in [2.75, 3.05) is 18.4 Å². The number of anilines is 1. The molecular weight excluding hydrogens is 321 g/mol. The molecule has 22 heavy (non-hydrogen) atoms. The largest absolute Gasteiger partial charge is 0.362 e. The first-order valence-electron chi connectivity index (χ1n) is 7.73. The first kappa shape index (κ1) is 14.6. The van der Waals surface area contributed by atoms with Gasteiger partial charge in [-0.3, -0.25) is 4.90 Å². The first-order valence-corrected chi connectivity index (χ1v) is 8.49. The molecule has 118 valence electrons. The SMILES string of the molecule is CC1(C)C(Nc2noc3c(Cl)c(Cl)ccc23)C2CCN1CC2. The minimum Gasteiger partial charge on any atom is -0.362 e. The average Bonchev–Trinajstić information content (AvgIpc) is 2.91.